The molecule has 7 nitrogen and oxygen atoms in total. The summed E-state index contributed by atoms with van der Waals surface area (Å²) < 4.78 is 1.51. The highest BCUT2D eigenvalue weighted by Gasteiger charge is 2.08. The molecule has 0 spiro atoms. The van der Waals surface area contributed by atoms with Gasteiger partial charge in [-0.2, -0.15) is 5.10 Å². The van der Waals surface area contributed by atoms with E-state index in [4.69, 9.17) is 11.5 Å². The molecule has 5 N–H and O–H groups in total. The van der Waals surface area contributed by atoms with Crippen LogP contribution in [0, 0.1) is 6.92 Å². The Morgan fingerprint density at radius 2 is 2.14 bits per heavy atom. The minimum atomic E-state index is -0.541. The first kappa shape index (κ1) is 14.6. The summed E-state index contributed by atoms with van der Waals surface area (Å²) >= 11 is 0. The van der Waals surface area contributed by atoms with Crippen molar-refractivity contribution >= 4 is 23.2 Å². The number of aromatic nitrogens is 2. The maximum Gasteiger partial charge on any atom is 0.251 e. The molecular weight excluding hydrogens is 270 g/mol. The second-order valence-electron chi connectivity index (χ2n) is 4.67. The lowest BCUT2D eigenvalue weighted by Crippen LogP contribution is -2.16. The van der Waals surface area contributed by atoms with E-state index in [1.165, 1.54) is 17.1 Å². The van der Waals surface area contributed by atoms with Crippen LogP contribution in [-0.4, -0.2) is 21.6 Å². The molecule has 0 atom stereocenters. The van der Waals surface area contributed by atoms with Crippen molar-refractivity contribution in [3.05, 3.63) is 41.7 Å². The SMILES string of the molecule is Cc1c(N)cccc1NC(=O)CCn1cc(C(N)=O)cn1. The molecule has 0 fully saturated rings. The summed E-state index contributed by atoms with van der Waals surface area (Å²) in [5.41, 5.74) is 13.4. The number of primary amides is 1. The van der Waals surface area contributed by atoms with Crippen LogP contribution < -0.4 is 16.8 Å². The molecule has 0 radical (unpaired) electrons. The Bertz CT molecular complexity index is 678. The second-order valence-corrected chi connectivity index (χ2v) is 4.67. The minimum absolute atomic E-state index is 0.153. The number of hydrogen-bond acceptors (Lipinski definition) is 4. The van der Waals surface area contributed by atoms with Crippen LogP contribution in [0.4, 0.5) is 11.4 Å². The Balaban J connectivity index is 1.92. The van der Waals surface area contributed by atoms with E-state index in [1.54, 1.807) is 18.2 Å². The molecule has 0 saturated carbocycles. The Labute approximate surface area is 121 Å². The summed E-state index contributed by atoms with van der Waals surface area (Å²) in [5, 5.41) is 6.76. The van der Waals surface area contributed by atoms with Crippen LogP contribution >= 0.6 is 0 Å². The van der Waals surface area contributed by atoms with Gasteiger partial charge in [0.2, 0.25) is 5.91 Å². The molecule has 2 aromatic rings. The molecule has 2 amide bonds. The second kappa shape index (κ2) is 6.08. The average Bonchev–Trinajstić information content (AvgIpc) is 2.91. The Kier molecular flexibility index (Phi) is 4.22. The molecule has 0 aliphatic rings. The standard InChI is InChI=1S/C14H17N5O2/c1-9-11(15)3-2-4-12(9)18-13(20)5-6-19-8-10(7-17-19)14(16)21/h2-4,7-8H,5-6,15H2,1H3,(H2,16,21)(H,18,20). The summed E-state index contributed by atoms with van der Waals surface area (Å²) in [7, 11) is 0. The lowest BCUT2D eigenvalue weighted by atomic mass is 10.1. The summed E-state index contributed by atoms with van der Waals surface area (Å²) in [4.78, 5) is 22.8. The molecule has 2 rings (SSSR count). The first-order valence-corrected chi connectivity index (χ1v) is 6.44. The monoisotopic (exact) mass is 287 g/mol. The van der Waals surface area contributed by atoms with E-state index in [0.29, 0.717) is 23.5 Å². The highest BCUT2D eigenvalue weighted by atomic mass is 16.2. The van der Waals surface area contributed by atoms with E-state index in [1.807, 2.05) is 6.92 Å². The smallest absolute Gasteiger partial charge is 0.251 e. The summed E-state index contributed by atoms with van der Waals surface area (Å²) in [6.07, 6.45) is 3.12. The first-order chi connectivity index (χ1) is 9.97. The van der Waals surface area contributed by atoms with E-state index >= 15 is 0 Å². The number of rotatable bonds is 5. The molecule has 0 aliphatic heterocycles. The molecular formula is C14H17N5O2. The van der Waals surface area contributed by atoms with Gasteiger partial charge in [0, 0.05) is 30.5 Å². The maximum atomic E-state index is 11.9. The van der Waals surface area contributed by atoms with E-state index in [9.17, 15) is 9.59 Å². The molecule has 0 aliphatic carbocycles. The highest BCUT2D eigenvalue weighted by Crippen LogP contribution is 2.20. The van der Waals surface area contributed by atoms with E-state index in [2.05, 4.69) is 10.4 Å². The molecule has 0 unspecified atom stereocenters. The zero-order valence-corrected chi connectivity index (χ0v) is 11.7. The normalized spacial score (nSPS) is 10.3. The Morgan fingerprint density at radius 1 is 1.38 bits per heavy atom. The van der Waals surface area contributed by atoms with Gasteiger partial charge in [0.05, 0.1) is 11.8 Å². The largest absolute Gasteiger partial charge is 0.398 e. The number of nitrogens with zero attached hydrogens (tertiary/aromatic N) is 2. The van der Waals surface area contributed by atoms with Crippen LogP contribution in [0.5, 0.6) is 0 Å². The number of anilines is 2. The van der Waals surface area contributed by atoms with Gasteiger partial charge in [-0.25, -0.2) is 0 Å². The molecule has 7 heteroatoms. The third-order valence-corrected chi connectivity index (χ3v) is 3.14. The van der Waals surface area contributed by atoms with E-state index in [0.717, 1.165) is 5.56 Å². The van der Waals surface area contributed by atoms with E-state index < -0.39 is 5.91 Å². The minimum Gasteiger partial charge on any atom is -0.398 e. The van der Waals surface area contributed by atoms with Crippen LogP contribution in [-0.2, 0) is 11.3 Å². The fraction of sp³-hybridized carbons (Fsp3) is 0.214. The predicted molar refractivity (Wildman–Crippen MR) is 79.6 cm³/mol. The number of aryl methyl sites for hydroxylation is 1. The zero-order valence-electron chi connectivity index (χ0n) is 11.7. The van der Waals surface area contributed by atoms with Crippen molar-refractivity contribution < 1.29 is 9.59 Å². The fourth-order valence-corrected chi connectivity index (χ4v) is 1.83. The van der Waals surface area contributed by atoms with Crippen molar-refractivity contribution in [3.8, 4) is 0 Å². The average molecular weight is 287 g/mol. The van der Waals surface area contributed by atoms with Gasteiger partial charge in [0.25, 0.3) is 5.91 Å². The number of carbonyl (C=O) groups excluding carboxylic acids is 2. The number of amides is 2. The molecule has 21 heavy (non-hydrogen) atoms. The van der Waals surface area contributed by atoms with Crippen molar-refractivity contribution in [2.24, 2.45) is 5.73 Å². The number of hydrogen-bond donors (Lipinski definition) is 3. The van der Waals surface area contributed by atoms with Crippen molar-refractivity contribution in [1.29, 1.82) is 0 Å². The van der Waals surface area contributed by atoms with Crippen LogP contribution in [0.15, 0.2) is 30.6 Å². The van der Waals surface area contributed by atoms with Crippen molar-refractivity contribution in [2.45, 2.75) is 19.9 Å². The maximum absolute atomic E-state index is 11.9. The van der Waals surface area contributed by atoms with Crippen LogP contribution in [0.3, 0.4) is 0 Å². The van der Waals surface area contributed by atoms with Gasteiger partial charge in [-0.15, -0.1) is 0 Å². The topological polar surface area (TPSA) is 116 Å². The summed E-state index contributed by atoms with van der Waals surface area (Å²) in [6, 6.07) is 5.35. The molecule has 1 heterocycles. The summed E-state index contributed by atoms with van der Waals surface area (Å²) in [6.45, 7) is 2.21. The van der Waals surface area contributed by atoms with Crippen molar-refractivity contribution in [3.63, 3.8) is 0 Å². The molecule has 0 saturated heterocycles. The summed E-state index contributed by atoms with van der Waals surface area (Å²) in [5.74, 6) is -0.694. The quantitative estimate of drug-likeness (QED) is 0.708. The predicted octanol–water partition coefficient (Wildman–Crippen LogP) is 0.901. The van der Waals surface area contributed by atoms with Crippen LogP contribution in [0.25, 0.3) is 0 Å². The third-order valence-electron chi connectivity index (χ3n) is 3.14. The number of carbonyl (C=O) groups is 2. The number of benzene rings is 1. The third kappa shape index (κ3) is 3.59. The van der Waals surface area contributed by atoms with Gasteiger partial charge in [0.1, 0.15) is 0 Å². The van der Waals surface area contributed by atoms with Gasteiger partial charge in [-0.05, 0) is 24.6 Å². The molecule has 110 valence electrons. The van der Waals surface area contributed by atoms with Crippen LogP contribution in [0.1, 0.15) is 22.3 Å². The van der Waals surface area contributed by atoms with Gasteiger partial charge < -0.3 is 16.8 Å². The van der Waals surface area contributed by atoms with E-state index in [-0.39, 0.29) is 12.3 Å². The Morgan fingerprint density at radius 3 is 2.81 bits per heavy atom. The molecule has 1 aromatic heterocycles. The van der Waals surface area contributed by atoms with Crippen molar-refractivity contribution in [2.75, 3.05) is 11.1 Å². The van der Waals surface area contributed by atoms with Gasteiger partial charge in [0.15, 0.2) is 0 Å². The number of nitrogens with one attached hydrogen (secondary N) is 1. The fourth-order valence-electron chi connectivity index (χ4n) is 1.83. The molecule has 1 aromatic carbocycles. The van der Waals surface area contributed by atoms with Crippen LogP contribution in [0.2, 0.25) is 0 Å². The van der Waals surface area contributed by atoms with Gasteiger partial charge >= 0.3 is 0 Å². The van der Waals surface area contributed by atoms with Gasteiger partial charge in [-0.1, -0.05) is 6.07 Å². The Hall–Kier alpha value is -2.83. The number of nitrogen functional groups attached to an aromatic ring is 1. The lowest BCUT2D eigenvalue weighted by Gasteiger charge is -2.10. The lowest BCUT2D eigenvalue weighted by molar-refractivity contribution is -0.116. The highest BCUT2D eigenvalue weighted by molar-refractivity contribution is 5.93. The van der Waals surface area contributed by atoms with Crippen molar-refractivity contribution in [1.82, 2.24) is 9.78 Å². The van der Waals surface area contributed by atoms with Gasteiger partial charge in [-0.3, -0.25) is 14.3 Å². The zero-order chi connectivity index (χ0) is 15.4. The first-order valence-electron chi connectivity index (χ1n) is 6.44. The molecule has 0 bridgehead atoms. The number of nitrogens with two attached hydrogens (primary N) is 2.